The van der Waals surface area contributed by atoms with Crippen LogP contribution in [0.15, 0.2) is 24.5 Å². The molecule has 1 saturated heterocycles. The average Bonchev–Trinajstić information content (AvgIpc) is 2.94. The third-order valence-electron chi connectivity index (χ3n) is 4.99. The first-order valence-electron chi connectivity index (χ1n) is 8.50. The van der Waals surface area contributed by atoms with Crippen LogP contribution in [-0.2, 0) is 11.3 Å². The van der Waals surface area contributed by atoms with E-state index in [0.717, 1.165) is 38.1 Å². The van der Waals surface area contributed by atoms with E-state index in [0.29, 0.717) is 12.0 Å². The number of likely N-dealkylation sites (tertiary alicyclic amines) is 1. The van der Waals surface area contributed by atoms with Crippen LogP contribution < -0.4 is 5.32 Å². The number of hydrogen-bond donors (Lipinski definition) is 1. The van der Waals surface area contributed by atoms with Crippen LogP contribution in [0.4, 0.5) is 0 Å². The number of piperidine rings is 1. The van der Waals surface area contributed by atoms with Crippen molar-refractivity contribution in [2.45, 2.75) is 46.2 Å². The summed E-state index contributed by atoms with van der Waals surface area (Å²) in [5.74, 6) is 0.716. The van der Waals surface area contributed by atoms with E-state index in [1.54, 1.807) is 6.92 Å². The highest BCUT2D eigenvalue weighted by atomic mass is 16.2. The van der Waals surface area contributed by atoms with E-state index >= 15 is 0 Å². The zero-order valence-corrected chi connectivity index (χ0v) is 14.2. The maximum atomic E-state index is 11.6. The Hall–Kier alpha value is -1.88. The zero-order chi connectivity index (χ0) is 16.4. The fourth-order valence-corrected chi connectivity index (χ4v) is 3.50. The first kappa shape index (κ1) is 16.0. The van der Waals surface area contributed by atoms with Gasteiger partial charge >= 0.3 is 0 Å². The molecule has 1 N–H and O–H groups in total. The lowest BCUT2D eigenvalue weighted by Gasteiger charge is -2.38. The van der Waals surface area contributed by atoms with Gasteiger partial charge in [-0.05, 0) is 37.0 Å². The highest BCUT2D eigenvalue weighted by molar-refractivity contribution is 5.73. The standard InChI is InChI=1S/C18H26N4O/c1-4-15-12-21(14(3)23)7-6-17(15)19-10-16-11-20-18-9-13(2)5-8-22(16)18/h5,8-9,11,15,17,19H,4,6-7,10,12H2,1-3H3/t15-,17+/m0/s1. The normalized spacial score (nSPS) is 21.8. The molecule has 3 rings (SSSR count). The summed E-state index contributed by atoms with van der Waals surface area (Å²) >= 11 is 0. The fraction of sp³-hybridized carbons (Fsp3) is 0.556. The van der Waals surface area contributed by atoms with Crippen molar-refractivity contribution in [3.05, 3.63) is 35.8 Å². The number of nitrogens with one attached hydrogen (secondary N) is 1. The Morgan fingerprint density at radius 1 is 1.48 bits per heavy atom. The molecule has 1 fully saturated rings. The largest absolute Gasteiger partial charge is 0.343 e. The summed E-state index contributed by atoms with van der Waals surface area (Å²) in [6.07, 6.45) is 6.15. The molecule has 0 aliphatic carbocycles. The highest BCUT2D eigenvalue weighted by Gasteiger charge is 2.28. The SMILES string of the molecule is CC[C@H]1CN(C(C)=O)CC[C@H]1NCc1cnc2cc(C)ccn12. The molecule has 0 aromatic carbocycles. The number of fused-ring (bicyclic) bond motifs is 1. The number of aromatic nitrogens is 2. The van der Waals surface area contributed by atoms with Gasteiger partial charge in [-0.15, -0.1) is 0 Å². The highest BCUT2D eigenvalue weighted by Crippen LogP contribution is 2.21. The lowest BCUT2D eigenvalue weighted by atomic mass is 9.90. The minimum Gasteiger partial charge on any atom is -0.343 e. The summed E-state index contributed by atoms with van der Waals surface area (Å²) in [4.78, 5) is 18.0. The average molecular weight is 314 g/mol. The Morgan fingerprint density at radius 2 is 2.30 bits per heavy atom. The van der Waals surface area contributed by atoms with E-state index in [-0.39, 0.29) is 5.91 Å². The summed E-state index contributed by atoms with van der Waals surface area (Å²) in [6, 6.07) is 4.67. The Bertz CT molecular complexity index is 693. The van der Waals surface area contributed by atoms with Crippen LogP contribution in [-0.4, -0.2) is 39.3 Å². The molecule has 23 heavy (non-hydrogen) atoms. The van der Waals surface area contributed by atoms with Crippen molar-refractivity contribution < 1.29 is 4.79 Å². The Labute approximate surface area is 137 Å². The molecule has 1 amide bonds. The van der Waals surface area contributed by atoms with Crippen LogP contribution in [0, 0.1) is 12.8 Å². The molecular weight excluding hydrogens is 288 g/mol. The third kappa shape index (κ3) is 3.39. The molecule has 0 bridgehead atoms. The van der Waals surface area contributed by atoms with Gasteiger partial charge in [-0.25, -0.2) is 4.98 Å². The molecule has 0 saturated carbocycles. The second-order valence-electron chi connectivity index (χ2n) is 6.59. The quantitative estimate of drug-likeness (QED) is 0.942. The van der Waals surface area contributed by atoms with E-state index in [2.05, 4.69) is 46.9 Å². The Balaban J connectivity index is 1.66. The van der Waals surface area contributed by atoms with E-state index in [1.807, 2.05) is 11.1 Å². The van der Waals surface area contributed by atoms with E-state index in [4.69, 9.17) is 0 Å². The molecular formula is C18H26N4O. The van der Waals surface area contributed by atoms with Crippen molar-refractivity contribution in [2.75, 3.05) is 13.1 Å². The molecule has 0 unspecified atom stereocenters. The van der Waals surface area contributed by atoms with Crippen LogP contribution in [0.5, 0.6) is 0 Å². The molecule has 2 atom stereocenters. The predicted octanol–water partition coefficient (Wildman–Crippen LogP) is 2.38. The summed E-state index contributed by atoms with van der Waals surface area (Å²) in [7, 11) is 0. The number of nitrogens with zero attached hydrogens (tertiary/aromatic N) is 3. The van der Waals surface area contributed by atoms with Crippen LogP contribution in [0.3, 0.4) is 0 Å². The summed E-state index contributed by atoms with van der Waals surface area (Å²) in [6.45, 7) is 8.50. The van der Waals surface area contributed by atoms with Crippen molar-refractivity contribution in [2.24, 2.45) is 5.92 Å². The number of imidazole rings is 1. The van der Waals surface area contributed by atoms with Gasteiger partial charge in [0.15, 0.2) is 0 Å². The molecule has 124 valence electrons. The Kier molecular flexibility index (Phi) is 4.66. The van der Waals surface area contributed by atoms with Gasteiger partial charge in [0.1, 0.15) is 5.65 Å². The van der Waals surface area contributed by atoms with E-state index < -0.39 is 0 Å². The van der Waals surface area contributed by atoms with Crippen molar-refractivity contribution in [3.63, 3.8) is 0 Å². The van der Waals surface area contributed by atoms with Gasteiger partial charge in [-0.2, -0.15) is 0 Å². The van der Waals surface area contributed by atoms with Gasteiger partial charge < -0.3 is 14.6 Å². The van der Waals surface area contributed by atoms with Gasteiger partial charge in [-0.3, -0.25) is 4.79 Å². The van der Waals surface area contributed by atoms with Crippen LogP contribution >= 0.6 is 0 Å². The van der Waals surface area contributed by atoms with Crippen molar-refractivity contribution in [1.82, 2.24) is 19.6 Å². The second-order valence-corrected chi connectivity index (χ2v) is 6.59. The lowest BCUT2D eigenvalue weighted by molar-refractivity contribution is -0.131. The second kappa shape index (κ2) is 6.71. The monoisotopic (exact) mass is 314 g/mol. The van der Waals surface area contributed by atoms with Crippen molar-refractivity contribution in [1.29, 1.82) is 0 Å². The number of carbonyl (C=O) groups excluding carboxylic acids is 1. The van der Waals surface area contributed by atoms with Crippen LogP contribution in [0.25, 0.3) is 5.65 Å². The molecule has 2 aromatic rings. The van der Waals surface area contributed by atoms with Gasteiger partial charge in [0, 0.05) is 38.8 Å². The molecule has 1 aliphatic heterocycles. The summed E-state index contributed by atoms with van der Waals surface area (Å²) in [5.41, 5.74) is 3.41. The molecule has 0 spiro atoms. The minimum atomic E-state index is 0.194. The minimum absolute atomic E-state index is 0.194. The molecule has 3 heterocycles. The molecule has 2 aromatic heterocycles. The van der Waals surface area contributed by atoms with Crippen molar-refractivity contribution in [3.8, 4) is 0 Å². The maximum Gasteiger partial charge on any atom is 0.219 e. The third-order valence-corrected chi connectivity index (χ3v) is 4.99. The molecule has 5 nitrogen and oxygen atoms in total. The topological polar surface area (TPSA) is 49.6 Å². The van der Waals surface area contributed by atoms with Gasteiger partial charge in [0.05, 0.1) is 11.9 Å². The van der Waals surface area contributed by atoms with Crippen LogP contribution in [0.1, 0.15) is 37.9 Å². The summed E-state index contributed by atoms with van der Waals surface area (Å²) in [5, 5.41) is 3.69. The number of pyridine rings is 1. The first-order valence-corrected chi connectivity index (χ1v) is 8.50. The van der Waals surface area contributed by atoms with Gasteiger partial charge in [0.2, 0.25) is 5.91 Å². The van der Waals surface area contributed by atoms with Crippen molar-refractivity contribution >= 4 is 11.6 Å². The number of amides is 1. The smallest absolute Gasteiger partial charge is 0.219 e. The summed E-state index contributed by atoms with van der Waals surface area (Å²) < 4.78 is 2.14. The van der Waals surface area contributed by atoms with E-state index in [1.165, 1.54) is 11.3 Å². The first-order chi connectivity index (χ1) is 11.1. The predicted molar refractivity (Wildman–Crippen MR) is 91.2 cm³/mol. The maximum absolute atomic E-state index is 11.6. The van der Waals surface area contributed by atoms with Gasteiger partial charge in [0.25, 0.3) is 0 Å². The van der Waals surface area contributed by atoms with Gasteiger partial charge in [-0.1, -0.05) is 13.3 Å². The zero-order valence-electron chi connectivity index (χ0n) is 14.2. The fourth-order valence-electron chi connectivity index (χ4n) is 3.50. The number of hydrogen-bond acceptors (Lipinski definition) is 3. The molecule has 0 radical (unpaired) electrons. The number of rotatable bonds is 4. The van der Waals surface area contributed by atoms with Crippen LogP contribution in [0.2, 0.25) is 0 Å². The Morgan fingerprint density at radius 3 is 3.04 bits per heavy atom. The number of aryl methyl sites for hydroxylation is 1. The lowest BCUT2D eigenvalue weighted by Crippen LogP contribution is -2.50. The molecule has 1 aliphatic rings. The molecule has 5 heteroatoms. The van der Waals surface area contributed by atoms with E-state index in [9.17, 15) is 4.79 Å². The number of carbonyl (C=O) groups is 1.